The highest BCUT2D eigenvalue weighted by molar-refractivity contribution is 5.51. The number of aryl methyl sites for hydroxylation is 1. The maximum absolute atomic E-state index is 5.70. The Morgan fingerprint density at radius 3 is 2.87 bits per heavy atom. The van der Waals surface area contributed by atoms with Gasteiger partial charge in [-0.15, -0.1) is 0 Å². The van der Waals surface area contributed by atoms with Crippen LogP contribution in [-0.2, 0) is 6.61 Å². The van der Waals surface area contributed by atoms with Crippen LogP contribution < -0.4 is 10.5 Å². The van der Waals surface area contributed by atoms with Gasteiger partial charge in [0.2, 0.25) is 11.7 Å². The maximum atomic E-state index is 5.70. The highest BCUT2D eigenvalue weighted by atomic mass is 16.5. The van der Waals surface area contributed by atoms with Crippen LogP contribution in [0.4, 0.5) is 5.69 Å². The molecule has 0 aliphatic rings. The number of para-hydroxylation sites is 2. The number of anilines is 1. The number of ether oxygens (including phenoxy) is 1. The van der Waals surface area contributed by atoms with Gasteiger partial charge in [-0.1, -0.05) is 17.3 Å². The maximum Gasteiger partial charge on any atom is 0.223 e. The average molecular weight is 205 g/mol. The fourth-order valence-electron chi connectivity index (χ4n) is 1.15. The monoisotopic (exact) mass is 205 g/mol. The zero-order chi connectivity index (χ0) is 10.7. The van der Waals surface area contributed by atoms with Crippen LogP contribution in [0.3, 0.4) is 0 Å². The molecule has 0 bridgehead atoms. The Balaban J connectivity index is 2.02. The predicted molar refractivity (Wildman–Crippen MR) is 54.2 cm³/mol. The quantitative estimate of drug-likeness (QED) is 0.769. The van der Waals surface area contributed by atoms with Crippen LogP contribution >= 0.6 is 0 Å². The Labute approximate surface area is 86.9 Å². The van der Waals surface area contributed by atoms with Gasteiger partial charge >= 0.3 is 0 Å². The van der Waals surface area contributed by atoms with E-state index in [-0.39, 0.29) is 6.61 Å². The van der Waals surface area contributed by atoms with Crippen LogP contribution in [0.5, 0.6) is 5.75 Å². The Hall–Kier alpha value is -2.04. The number of benzene rings is 1. The first-order valence-electron chi connectivity index (χ1n) is 4.52. The van der Waals surface area contributed by atoms with Crippen molar-refractivity contribution < 1.29 is 9.26 Å². The van der Waals surface area contributed by atoms with E-state index in [0.717, 1.165) is 0 Å². The number of rotatable bonds is 3. The predicted octanol–water partition coefficient (Wildman–Crippen LogP) is 1.54. The molecule has 0 saturated carbocycles. The van der Waals surface area contributed by atoms with E-state index in [1.165, 1.54) is 0 Å². The van der Waals surface area contributed by atoms with Gasteiger partial charge in [-0.3, -0.25) is 0 Å². The second-order valence-corrected chi connectivity index (χ2v) is 3.06. The van der Waals surface area contributed by atoms with Crippen molar-refractivity contribution in [2.75, 3.05) is 5.73 Å². The van der Waals surface area contributed by atoms with E-state index in [0.29, 0.717) is 23.2 Å². The molecule has 1 aromatic heterocycles. The molecular weight excluding hydrogens is 194 g/mol. The molecule has 0 radical (unpaired) electrons. The summed E-state index contributed by atoms with van der Waals surface area (Å²) in [6.07, 6.45) is 0. The molecule has 0 atom stereocenters. The van der Waals surface area contributed by atoms with Crippen LogP contribution in [-0.4, -0.2) is 10.1 Å². The summed E-state index contributed by atoms with van der Waals surface area (Å²) in [4.78, 5) is 4.01. The molecule has 0 aliphatic carbocycles. The number of hydrogen-bond donors (Lipinski definition) is 1. The number of aromatic nitrogens is 2. The molecule has 2 aromatic rings. The lowest BCUT2D eigenvalue weighted by molar-refractivity contribution is 0.287. The van der Waals surface area contributed by atoms with Crippen molar-refractivity contribution >= 4 is 5.69 Å². The van der Waals surface area contributed by atoms with Crippen molar-refractivity contribution in [3.63, 3.8) is 0 Å². The summed E-state index contributed by atoms with van der Waals surface area (Å²) >= 11 is 0. The zero-order valence-electron chi connectivity index (χ0n) is 8.30. The first-order chi connectivity index (χ1) is 7.25. The molecule has 0 amide bonds. The number of hydrogen-bond acceptors (Lipinski definition) is 5. The molecular formula is C10H11N3O2. The van der Waals surface area contributed by atoms with E-state index >= 15 is 0 Å². The topological polar surface area (TPSA) is 74.2 Å². The van der Waals surface area contributed by atoms with E-state index in [2.05, 4.69) is 10.1 Å². The van der Waals surface area contributed by atoms with Gasteiger partial charge < -0.3 is 15.0 Å². The van der Waals surface area contributed by atoms with Gasteiger partial charge in [-0.05, 0) is 12.1 Å². The van der Waals surface area contributed by atoms with Crippen molar-refractivity contribution in [2.45, 2.75) is 13.5 Å². The summed E-state index contributed by atoms with van der Waals surface area (Å²) in [5.41, 5.74) is 6.30. The molecule has 5 heteroatoms. The Morgan fingerprint density at radius 1 is 1.40 bits per heavy atom. The zero-order valence-corrected chi connectivity index (χ0v) is 8.30. The van der Waals surface area contributed by atoms with Crippen LogP contribution in [0.25, 0.3) is 0 Å². The van der Waals surface area contributed by atoms with Gasteiger partial charge in [0, 0.05) is 6.92 Å². The lowest BCUT2D eigenvalue weighted by Crippen LogP contribution is -2.00. The summed E-state index contributed by atoms with van der Waals surface area (Å²) in [5, 5.41) is 3.71. The summed E-state index contributed by atoms with van der Waals surface area (Å²) in [6, 6.07) is 7.27. The minimum absolute atomic E-state index is 0.256. The van der Waals surface area contributed by atoms with Crippen molar-refractivity contribution in [1.29, 1.82) is 0 Å². The summed E-state index contributed by atoms with van der Waals surface area (Å²) in [7, 11) is 0. The van der Waals surface area contributed by atoms with Crippen molar-refractivity contribution in [3.8, 4) is 5.75 Å². The summed E-state index contributed by atoms with van der Waals surface area (Å²) in [6.45, 7) is 1.99. The normalized spacial score (nSPS) is 10.2. The molecule has 0 unspecified atom stereocenters. The molecule has 2 rings (SSSR count). The van der Waals surface area contributed by atoms with Crippen molar-refractivity contribution in [3.05, 3.63) is 36.0 Å². The minimum Gasteiger partial charge on any atom is -0.483 e. The smallest absolute Gasteiger partial charge is 0.223 e. The summed E-state index contributed by atoms with van der Waals surface area (Å²) in [5.74, 6) is 1.66. The number of nitrogens with two attached hydrogens (primary N) is 1. The van der Waals surface area contributed by atoms with E-state index in [1.54, 1.807) is 19.1 Å². The molecule has 0 spiro atoms. The fourth-order valence-corrected chi connectivity index (χ4v) is 1.15. The molecule has 0 fully saturated rings. The molecule has 1 aromatic carbocycles. The van der Waals surface area contributed by atoms with Crippen molar-refractivity contribution in [2.24, 2.45) is 0 Å². The molecule has 2 N–H and O–H groups in total. The number of nitrogens with zero attached hydrogens (tertiary/aromatic N) is 2. The van der Waals surface area contributed by atoms with E-state index < -0.39 is 0 Å². The second kappa shape index (κ2) is 4.00. The minimum atomic E-state index is 0.256. The second-order valence-electron chi connectivity index (χ2n) is 3.06. The largest absolute Gasteiger partial charge is 0.483 e. The summed E-state index contributed by atoms with van der Waals surface area (Å²) < 4.78 is 10.2. The Morgan fingerprint density at radius 2 is 2.20 bits per heavy atom. The molecule has 15 heavy (non-hydrogen) atoms. The van der Waals surface area contributed by atoms with E-state index in [9.17, 15) is 0 Å². The lowest BCUT2D eigenvalue weighted by Gasteiger charge is -2.05. The third-order valence-corrected chi connectivity index (χ3v) is 1.85. The van der Waals surface area contributed by atoms with E-state index in [1.807, 2.05) is 12.1 Å². The van der Waals surface area contributed by atoms with Gasteiger partial charge in [0.1, 0.15) is 5.75 Å². The van der Waals surface area contributed by atoms with Gasteiger partial charge in [0.05, 0.1) is 5.69 Å². The van der Waals surface area contributed by atoms with Gasteiger partial charge in [0.15, 0.2) is 6.61 Å². The van der Waals surface area contributed by atoms with E-state index in [4.69, 9.17) is 15.0 Å². The first-order valence-corrected chi connectivity index (χ1v) is 4.52. The van der Waals surface area contributed by atoms with Crippen LogP contribution in [0.2, 0.25) is 0 Å². The number of nitrogen functional groups attached to an aromatic ring is 1. The van der Waals surface area contributed by atoms with Crippen LogP contribution in [0.1, 0.15) is 11.7 Å². The van der Waals surface area contributed by atoms with Gasteiger partial charge in [-0.2, -0.15) is 4.98 Å². The van der Waals surface area contributed by atoms with Crippen LogP contribution in [0.15, 0.2) is 28.8 Å². The van der Waals surface area contributed by atoms with Gasteiger partial charge in [-0.25, -0.2) is 0 Å². The van der Waals surface area contributed by atoms with Crippen LogP contribution in [0, 0.1) is 6.92 Å². The molecule has 0 saturated heterocycles. The molecule has 5 nitrogen and oxygen atoms in total. The SMILES string of the molecule is Cc1nc(COc2ccccc2N)no1. The first kappa shape index (κ1) is 9.51. The average Bonchev–Trinajstić information content (AvgIpc) is 2.63. The third-order valence-electron chi connectivity index (χ3n) is 1.85. The third kappa shape index (κ3) is 2.25. The molecule has 78 valence electrons. The molecule has 1 heterocycles. The fraction of sp³-hybridized carbons (Fsp3) is 0.200. The van der Waals surface area contributed by atoms with Gasteiger partial charge in [0.25, 0.3) is 0 Å². The highest BCUT2D eigenvalue weighted by Crippen LogP contribution is 2.20. The lowest BCUT2D eigenvalue weighted by atomic mass is 10.3. The Bertz CT molecular complexity index is 453. The highest BCUT2D eigenvalue weighted by Gasteiger charge is 2.04. The standard InChI is InChI=1S/C10H11N3O2/c1-7-12-10(13-15-7)6-14-9-5-3-2-4-8(9)11/h2-5H,6,11H2,1H3. The van der Waals surface area contributed by atoms with Crippen molar-refractivity contribution in [1.82, 2.24) is 10.1 Å². The Kier molecular flexibility index (Phi) is 2.53. The molecule has 0 aliphatic heterocycles.